The van der Waals surface area contributed by atoms with Crippen LogP contribution in [0.1, 0.15) is 12.5 Å². The van der Waals surface area contributed by atoms with Gasteiger partial charge in [0, 0.05) is 11.4 Å². The van der Waals surface area contributed by atoms with Gasteiger partial charge < -0.3 is 10.5 Å². The average Bonchev–Trinajstić information content (AvgIpc) is 2.49. The number of aromatic nitrogens is 1. The van der Waals surface area contributed by atoms with E-state index in [1.165, 1.54) is 0 Å². The highest BCUT2D eigenvalue weighted by molar-refractivity contribution is 5.79. The number of hydrogen-bond donors (Lipinski definition) is 1. The third-order valence-electron chi connectivity index (χ3n) is 3.31. The van der Waals surface area contributed by atoms with Crippen LogP contribution in [0, 0.1) is 0 Å². The number of benzene rings is 2. The molecule has 0 amide bonds. The number of nitrogens with zero attached hydrogens (tertiary/aromatic N) is 1. The number of hydrogen-bond acceptors (Lipinski definition) is 3. The molecule has 1 atom stereocenters. The fraction of sp³-hybridized carbons (Fsp3) is 0.167. The third kappa shape index (κ3) is 3.20. The van der Waals surface area contributed by atoms with Crippen molar-refractivity contribution in [1.82, 2.24) is 4.98 Å². The average molecular weight is 278 g/mol. The Kier molecular flexibility index (Phi) is 3.84. The van der Waals surface area contributed by atoms with Gasteiger partial charge >= 0.3 is 0 Å². The van der Waals surface area contributed by atoms with Gasteiger partial charge in [-0.2, -0.15) is 0 Å². The Hall–Kier alpha value is -2.39. The first-order chi connectivity index (χ1) is 10.2. The highest BCUT2D eigenvalue weighted by Crippen LogP contribution is 2.27. The number of nitrogens with two attached hydrogens (primary N) is 1. The van der Waals surface area contributed by atoms with Crippen LogP contribution in [0.4, 0.5) is 0 Å². The second-order valence-corrected chi connectivity index (χ2v) is 5.25. The molecule has 0 spiro atoms. The standard InChI is InChI=1S/C18H18N2O/c1-13(19)10-15-7-3-5-9-18(15)21-16-11-14-6-2-4-8-17(14)20-12-16/h2-9,11-13H,10,19H2,1H3. The summed E-state index contributed by atoms with van der Waals surface area (Å²) in [5.74, 6) is 1.58. The molecule has 3 nitrogen and oxygen atoms in total. The predicted molar refractivity (Wildman–Crippen MR) is 85.6 cm³/mol. The van der Waals surface area contributed by atoms with Crippen LogP contribution in [-0.4, -0.2) is 11.0 Å². The van der Waals surface area contributed by atoms with Crippen LogP contribution in [0.25, 0.3) is 10.9 Å². The molecule has 0 aliphatic heterocycles. The van der Waals surface area contributed by atoms with E-state index in [1.54, 1.807) is 6.20 Å². The van der Waals surface area contributed by atoms with Crippen LogP contribution in [0.2, 0.25) is 0 Å². The second kappa shape index (κ2) is 5.94. The normalized spacial score (nSPS) is 12.3. The van der Waals surface area contributed by atoms with E-state index in [2.05, 4.69) is 4.98 Å². The maximum atomic E-state index is 6.00. The molecule has 0 bridgehead atoms. The number of ether oxygens (including phenoxy) is 1. The first kappa shape index (κ1) is 13.6. The molecule has 1 aromatic heterocycles. The van der Waals surface area contributed by atoms with Crippen LogP contribution in [0.15, 0.2) is 60.8 Å². The topological polar surface area (TPSA) is 48.1 Å². The molecule has 2 aromatic carbocycles. The van der Waals surface area contributed by atoms with E-state index >= 15 is 0 Å². The van der Waals surface area contributed by atoms with Crippen LogP contribution in [0.5, 0.6) is 11.5 Å². The summed E-state index contributed by atoms with van der Waals surface area (Å²) >= 11 is 0. The van der Waals surface area contributed by atoms with Crippen molar-refractivity contribution in [2.24, 2.45) is 5.73 Å². The largest absolute Gasteiger partial charge is 0.455 e. The van der Waals surface area contributed by atoms with Crippen LogP contribution in [-0.2, 0) is 6.42 Å². The molecule has 21 heavy (non-hydrogen) atoms. The van der Waals surface area contributed by atoms with E-state index in [4.69, 9.17) is 10.5 Å². The SMILES string of the molecule is CC(N)Cc1ccccc1Oc1cnc2ccccc2c1. The lowest BCUT2D eigenvalue weighted by Gasteiger charge is -2.12. The molecule has 106 valence electrons. The van der Waals surface area contributed by atoms with Gasteiger partial charge in [0.05, 0.1) is 11.7 Å². The summed E-state index contributed by atoms with van der Waals surface area (Å²) in [4.78, 5) is 4.42. The van der Waals surface area contributed by atoms with Crippen molar-refractivity contribution < 1.29 is 4.74 Å². The minimum atomic E-state index is 0.101. The zero-order valence-electron chi connectivity index (χ0n) is 12.0. The van der Waals surface area contributed by atoms with E-state index in [0.717, 1.165) is 34.4 Å². The Morgan fingerprint density at radius 2 is 1.86 bits per heavy atom. The summed E-state index contributed by atoms with van der Waals surface area (Å²) in [7, 11) is 0. The molecule has 3 heteroatoms. The monoisotopic (exact) mass is 278 g/mol. The third-order valence-corrected chi connectivity index (χ3v) is 3.31. The molecule has 0 aliphatic rings. The van der Waals surface area contributed by atoms with Gasteiger partial charge in [0.1, 0.15) is 11.5 Å². The lowest BCUT2D eigenvalue weighted by Crippen LogP contribution is -2.18. The second-order valence-electron chi connectivity index (χ2n) is 5.25. The maximum absolute atomic E-state index is 6.00. The predicted octanol–water partition coefficient (Wildman–Crippen LogP) is 3.92. The highest BCUT2D eigenvalue weighted by atomic mass is 16.5. The van der Waals surface area contributed by atoms with Crippen molar-refractivity contribution in [3.8, 4) is 11.5 Å². The lowest BCUT2D eigenvalue weighted by molar-refractivity contribution is 0.472. The molecule has 0 saturated heterocycles. The molecule has 3 aromatic rings. The van der Waals surface area contributed by atoms with Crippen molar-refractivity contribution >= 4 is 10.9 Å². The molecule has 2 N–H and O–H groups in total. The molecule has 0 radical (unpaired) electrons. The fourth-order valence-electron chi connectivity index (χ4n) is 2.35. The molecule has 0 saturated carbocycles. The minimum absolute atomic E-state index is 0.101. The summed E-state index contributed by atoms with van der Waals surface area (Å²) in [6.45, 7) is 1.99. The van der Waals surface area contributed by atoms with Crippen molar-refractivity contribution in [2.45, 2.75) is 19.4 Å². The Balaban J connectivity index is 1.91. The van der Waals surface area contributed by atoms with E-state index < -0.39 is 0 Å². The van der Waals surface area contributed by atoms with E-state index in [0.29, 0.717) is 0 Å². The smallest absolute Gasteiger partial charge is 0.146 e. The van der Waals surface area contributed by atoms with Gasteiger partial charge in [-0.25, -0.2) is 0 Å². The molecular weight excluding hydrogens is 260 g/mol. The van der Waals surface area contributed by atoms with E-state index in [-0.39, 0.29) is 6.04 Å². The van der Waals surface area contributed by atoms with Gasteiger partial charge in [0.15, 0.2) is 0 Å². The Bertz CT molecular complexity index is 753. The van der Waals surface area contributed by atoms with Gasteiger partial charge in [-0.1, -0.05) is 36.4 Å². The zero-order chi connectivity index (χ0) is 14.7. The molecule has 1 heterocycles. The summed E-state index contributed by atoms with van der Waals surface area (Å²) in [6.07, 6.45) is 2.54. The minimum Gasteiger partial charge on any atom is -0.455 e. The Labute approximate surface area is 124 Å². The highest BCUT2D eigenvalue weighted by Gasteiger charge is 2.07. The first-order valence-corrected chi connectivity index (χ1v) is 7.08. The van der Waals surface area contributed by atoms with Crippen molar-refractivity contribution in [2.75, 3.05) is 0 Å². The number of fused-ring (bicyclic) bond motifs is 1. The zero-order valence-corrected chi connectivity index (χ0v) is 12.0. The van der Waals surface area contributed by atoms with E-state index in [1.807, 2.05) is 61.5 Å². The van der Waals surface area contributed by atoms with Gasteiger partial charge in [-0.05, 0) is 37.1 Å². The van der Waals surface area contributed by atoms with Crippen LogP contribution >= 0.6 is 0 Å². The van der Waals surface area contributed by atoms with Gasteiger partial charge in [-0.15, -0.1) is 0 Å². The summed E-state index contributed by atoms with van der Waals surface area (Å²) in [5.41, 5.74) is 7.97. The molecule has 1 unspecified atom stereocenters. The molecule has 3 rings (SSSR count). The molecule has 0 fully saturated rings. The summed E-state index contributed by atoms with van der Waals surface area (Å²) < 4.78 is 6.00. The quantitative estimate of drug-likeness (QED) is 0.787. The Morgan fingerprint density at radius 1 is 1.10 bits per heavy atom. The van der Waals surface area contributed by atoms with Gasteiger partial charge in [0.25, 0.3) is 0 Å². The van der Waals surface area contributed by atoms with Crippen molar-refractivity contribution in [3.63, 3.8) is 0 Å². The summed E-state index contributed by atoms with van der Waals surface area (Å²) in [5, 5.41) is 1.07. The van der Waals surface area contributed by atoms with Gasteiger partial charge in [-0.3, -0.25) is 4.98 Å². The Morgan fingerprint density at radius 3 is 2.71 bits per heavy atom. The van der Waals surface area contributed by atoms with Gasteiger partial charge in [0.2, 0.25) is 0 Å². The van der Waals surface area contributed by atoms with Crippen LogP contribution in [0.3, 0.4) is 0 Å². The lowest BCUT2D eigenvalue weighted by atomic mass is 10.1. The fourth-order valence-corrected chi connectivity index (χ4v) is 2.35. The van der Waals surface area contributed by atoms with Crippen molar-refractivity contribution in [1.29, 1.82) is 0 Å². The molecular formula is C18H18N2O. The van der Waals surface area contributed by atoms with Crippen LogP contribution < -0.4 is 10.5 Å². The number of rotatable bonds is 4. The number of pyridine rings is 1. The summed E-state index contributed by atoms with van der Waals surface area (Å²) in [6, 6.07) is 18.1. The maximum Gasteiger partial charge on any atom is 0.146 e. The first-order valence-electron chi connectivity index (χ1n) is 7.08. The number of para-hydroxylation sites is 2. The molecule has 0 aliphatic carbocycles. The van der Waals surface area contributed by atoms with E-state index in [9.17, 15) is 0 Å². The van der Waals surface area contributed by atoms with Crippen molar-refractivity contribution in [3.05, 3.63) is 66.4 Å².